The van der Waals surface area contributed by atoms with Gasteiger partial charge in [0.2, 0.25) is 23.6 Å². The zero-order valence-corrected chi connectivity index (χ0v) is 26.9. The van der Waals surface area contributed by atoms with Gasteiger partial charge in [-0.2, -0.15) is 0 Å². The predicted molar refractivity (Wildman–Crippen MR) is 158 cm³/mol. The van der Waals surface area contributed by atoms with Crippen LogP contribution < -0.4 is 10.6 Å². The summed E-state index contributed by atoms with van der Waals surface area (Å²) in [5.74, 6) is -4.09. The number of ether oxygens (including phenoxy) is 1. The van der Waals surface area contributed by atoms with Crippen molar-refractivity contribution in [3.8, 4) is 0 Å². The van der Waals surface area contributed by atoms with Crippen molar-refractivity contribution in [3.63, 3.8) is 0 Å². The molecule has 5 amide bonds. The SMILES string of the molecule is CCC(C)C1NC(=O)[C@@H]2CCCN2C(=O)[C@@H](CC(C)CO)OC(=O)CCNC(=O)C(C)N(C)C(=O)C(C(C)C)N(C)C1=O. The lowest BCUT2D eigenvalue weighted by Gasteiger charge is -2.38. The van der Waals surface area contributed by atoms with Crippen molar-refractivity contribution in [1.82, 2.24) is 25.3 Å². The number of aliphatic hydroxyl groups excluding tert-OH is 1. The van der Waals surface area contributed by atoms with Gasteiger partial charge in [-0.1, -0.05) is 41.0 Å². The van der Waals surface area contributed by atoms with Gasteiger partial charge in [0.1, 0.15) is 24.2 Å². The molecule has 5 unspecified atom stereocenters. The highest BCUT2D eigenvalue weighted by molar-refractivity contribution is 5.96. The molecule has 2 fully saturated rings. The van der Waals surface area contributed by atoms with Crippen LogP contribution in [0.15, 0.2) is 0 Å². The second kappa shape index (κ2) is 16.0. The van der Waals surface area contributed by atoms with Crippen LogP contribution in [0.2, 0.25) is 0 Å². The molecule has 0 saturated carbocycles. The van der Waals surface area contributed by atoms with Crippen LogP contribution in [0.3, 0.4) is 0 Å². The number of aliphatic hydroxyl groups is 1. The summed E-state index contributed by atoms with van der Waals surface area (Å²) in [5.41, 5.74) is 0. The second-order valence-electron chi connectivity index (χ2n) is 12.4. The van der Waals surface area contributed by atoms with Gasteiger partial charge < -0.3 is 35.2 Å². The number of nitrogens with one attached hydrogen (secondary N) is 2. The molecule has 7 atom stereocenters. The summed E-state index contributed by atoms with van der Waals surface area (Å²) in [6.07, 6.45) is 0.0762. The van der Waals surface area contributed by atoms with Gasteiger partial charge in [0.25, 0.3) is 5.91 Å². The minimum absolute atomic E-state index is 0.0532. The molecule has 2 rings (SSSR count). The molecule has 2 aliphatic rings. The molecular weight excluding hydrogens is 558 g/mol. The van der Waals surface area contributed by atoms with Crippen molar-refractivity contribution in [2.45, 2.75) is 104 Å². The maximum Gasteiger partial charge on any atom is 0.308 e. The lowest BCUT2D eigenvalue weighted by molar-refractivity contribution is -0.162. The summed E-state index contributed by atoms with van der Waals surface area (Å²) < 4.78 is 5.54. The minimum Gasteiger partial charge on any atom is -0.452 e. The first-order valence-electron chi connectivity index (χ1n) is 15.4. The van der Waals surface area contributed by atoms with E-state index in [0.717, 1.165) is 0 Å². The lowest BCUT2D eigenvalue weighted by atomic mass is 9.94. The maximum atomic E-state index is 13.9. The molecule has 43 heavy (non-hydrogen) atoms. The number of fused-ring (bicyclic) bond motifs is 1. The van der Waals surface area contributed by atoms with Gasteiger partial charge in [-0.25, -0.2) is 0 Å². The molecule has 3 N–H and O–H groups in total. The highest BCUT2D eigenvalue weighted by Crippen LogP contribution is 2.24. The summed E-state index contributed by atoms with van der Waals surface area (Å²) in [5, 5.41) is 15.1. The highest BCUT2D eigenvalue weighted by Gasteiger charge is 2.43. The zero-order valence-electron chi connectivity index (χ0n) is 26.9. The van der Waals surface area contributed by atoms with Crippen LogP contribution in [0, 0.1) is 17.8 Å². The van der Waals surface area contributed by atoms with Crippen molar-refractivity contribution < 1.29 is 38.6 Å². The summed E-state index contributed by atoms with van der Waals surface area (Å²) in [7, 11) is 3.01. The van der Waals surface area contributed by atoms with Gasteiger partial charge in [0, 0.05) is 33.8 Å². The van der Waals surface area contributed by atoms with Crippen LogP contribution >= 0.6 is 0 Å². The fourth-order valence-corrected chi connectivity index (χ4v) is 5.54. The Bertz CT molecular complexity index is 1040. The van der Waals surface area contributed by atoms with Crippen LogP contribution in [-0.2, 0) is 33.5 Å². The van der Waals surface area contributed by atoms with Crippen LogP contribution in [0.5, 0.6) is 0 Å². The maximum absolute atomic E-state index is 13.9. The predicted octanol–water partition coefficient (Wildman–Crippen LogP) is 0.288. The van der Waals surface area contributed by atoms with E-state index in [1.54, 1.807) is 27.7 Å². The molecule has 0 bridgehead atoms. The molecule has 244 valence electrons. The highest BCUT2D eigenvalue weighted by atomic mass is 16.5. The van der Waals surface area contributed by atoms with Crippen LogP contribution in [0.25, 0.3) is 0 Å². The van der Waals surface area contributed by atoms with Gasteiger partial charge >= 0.3 is 5.97 Å². The Morgan fingerprint density at radius 1 is 0.953 bits per heavy atom. The first-order valence-corrected chi connectivity index (χ1v) is 15.4. The number of cyclic esters (lactones) is 1. The van der Waals surface area contributed by atoms with E-state index in [4.69, 9.17) is 4.74 Å². The Balaban J connectivity index is 2.54. The van der Waals surface area contributed by atoms with Crippen LogP contribution in [-0.4, -0.2) is 119 Å². The number of esters is 1. The third-order valence-corrected chi connectivity index (χ3v) is 8.68. The van der Waals surface area contributed by atoms with Crippen molar-refractivity contribution in [3.05, 3.63) is 0 Å². The topological polar surface area (TPSA) is 166 Å². The average Bonchev–Trinajstić information content (AvgIpc) is 3.46. The molecule has 0 radical (unpaired) electrons. The normalized spacial score (nSPS) is 28.9. The number of amides is 5. The molecule has 13 heteroatoms. The van der Waals surface area contributed by atoms with E-state index in [0.29, 0.717) is 19.3 Å². The molecule has 2 aliphatic heterocycles. The van der Waals surface area contributed by atoms with Crippen molar-refractivity contribution in [2.75, 3.05) is 33.8 Å². The summed E-state index contributed by atoms with van der Waals surface area (Å²) in [6, 6.07) is -3.66. The fraction of sp³-hybridized carbons (Fsp3) is 0.800. The fourth-order valence-electron chi connectivity index (χ4n) is 5.54. The molecular formula is C30H51N5O8. The summed E-state index contributed by atoms with van der Waals surface area (Å²) >= 11 is 0. The largest absolute Gasteiger partial charge is 0.452 e. The summed E-state index contributed by atoms with van der Waals surface area (Å²) in [4.78, 5) is 84.6. The Labute approximate surface area is 255 Å². The van der Waals surface area contributed by atoms with E-state index in [9.17, 15) is 33.9 Å². The second-order valence-corrected chi connectivity index (χ2v) is 12.4. The van der Waals surface area contributed by atoms with E-state index in [1.807, 2.05) is 13.8 Å². The van der Waals surface area contributed by atoms with Gasteiger partial charge in [0.05, 0.1) is 6.42 Å². The molecule has 0 spiro atoms. The van der Waals surface area contributed by atoms with Crippen LogP contribution in [0.1, 0.15) is 73.6 Å². The Kier molecular flexibility index (Phi) is 13.4. The van der Waals surface area contributed by atoms with Crippen molar-refractivity contribution in [1.29, 1.82) is 0 Å². The number of nitrogens with zero attached hydrogens (tertiary/aromatic N) is 3. The van der Waals surface area contributed by atoms with Crippen molar-refractivity contribution >= 4 is 35.5 Å². The quantitative estimate of drug-likeness (QED) is 0.362. The minimum atomic E-state index is -1.23. The first-order chi connectivity index (χ1) is 20.2. The third-order valence-electron chi connectivity index (χ3n) is 8.68. The molecule has 13 nitrogen and oxygen atoms in total. The molecule has 2 saturated heterocycles. The Morgan fingerprint density at radius 2 is 1.60 bits per heavy atom. The Morgan fingerprint density at radius 3 is 2.19 bits per heavy atom. The van der Waals surface area contributed by atoms with E-state index < -0.39 is 65.8 Å². The number of carbonyl (C=O) groups excluding carboxylic acids is 6. The third kappa shape index (κ3) is 8.90. The number of hydrogen-bond acceptors (Lipinski definition) is 8. The Hall–Kier alpha value is -3.22. The van der Waals surface area contributed by atoms with Crippen molar-refractivity contribution in [2.24, 2.45) is 17.8 Å². The average molecular weight is 610 g/mol. The van der Waals surface area contributed by atoms with Gasteiger partial charge in [-0.3, -0.25) is 28.8 Å². The van der Waals surface area contributed by atoms with E-state index in [1.165, 1.54) is 28.8 Å². The number of carbonyl (C=O) groups is 6. The molecule has 0 aliphatic carbocycles. The zero-order chi connectivity index (χ0) is 32.6. The van der Waals surface area contributed by atoms with Gasteiger partial charge in [-0.05, 0) is 43.9 Å². The molecule has 0 aromatic rings. The number of rotatable bonds is 6. The molecule has 0 aromatic carbocycles. The monoisotopic (exact) mass is 609 g/mol. The number of likely N-dealkylation sites (N-methyl/N-ethyl adjacent to an activating group) is 2. The van der Waals surface area contributed by atoms with E-state index >= 15 is 0 Å². The van der Waals surface area contributed by atoms with Crippen LogP contribution in [0.4, 0.5) is 0 Å². The molecule has 0 aromatic heterocycles. The van der Waals surface area contributed by atoms with E-state index in [2.05, 4.69) is 10.6 Å². The standard InChI is InChI=1S/C30H51N5O8/c1-9-19(5)24-29(41)34(8)25(17(2)3)30(42)33(7)20(6)26(38)31-13-12-23(37)43-22(15-18(4)16-36)28(40)35-14-10-11-21(35)27(39)32-24/h17-22,24-25,36H,9-16H2,1-8H3,(H,31,38)(H,32,39)/t18?,19?,20?,21-,22+,24?,25?/m0/s1. The number of hydrogen-bond donors (Lipinski definition) is 3. The summed E-state index contributed by atoms with van der Waals surface area (Å²) in [6.45, 7) is 10.6. The van der Waals surface area contributed by atoms with E-state index in [-0.39, 0.29) is 50.3 Å². The lowest BCUT2D eigenvalue weighted by Crippen LogP contribution is -2.60. The van der Waals surface area contributed by atoms with Gasteiger partial charge in [0.15, 0.2) is 6.10 Å². The molecule has 2 heterocycles. The van der Waals surface area contributed by atoms with Gasteiger partial charge in [-0.15, -0.1) is 0 Å². The smallest absolute Gasteiger partial charge is 0.308 e. The first kappa shape index (κ1) is 36.0.